The number of hydrogen-bond donors (Lipinski definition) is 2. The lowest BCUT2D eigenvalue weighted by molar-refractivity contribution is 0.0339. The second-order valence-electron chi connectivity index (χ2n) is 10.6. The Kier molecular flexibility index (Phi) is 6.60. The number of amides is 1. The Morgan fingerprint density at radius 1 is 0.850 bits per heavy atom. The van der Waals surface area contributed by atoms with Gasteiger partial charge in [-0.25, -0.2) is 0 Å². The molecule has 0 saturated heterocycles. The summed E-state index contributed by atoms with van der Waals surface area (Å²) in [7, 11) is 0. The van der Waals surface area contributed by atoms with Gasteiger partial charge in [-0.3, -0.25) is 4.79 Å². The molecule has 6 nitrogen and oxygen atoms in total. The zero-order chi connectivity index (χ0) is 27.1. The van der Waals surface area contributed by atoms with Crippen molar-refractivity contribution in [2.75, 3.05) is 19.8 Å². The number of aliphatic hydroxyl groups is 1. The summed E-state index contributed by atoms with van der Waals surface area (Å²) in [5, 5.41) is 15.1. The van der Waals surface area contributed by atoms with Gasteiger partial charge >= 0.3 is 0 Å². The number of rotatable bonds is 10. The van der Waals surface area contributed by atoms with Gasteiger partial charge in [0.15, 0.2) is 0 Å². The number of carbonyl (C=O) groups excluding carboxylic acids is 1. The molecule has 2 aliphatic rings. The van der Waals surface area contributed by atoms with Crippen molar-refractivity contribution in [3.8, 4) is 11.1 Å². The van der Waals surface area contributed by atoms with Gasteiger partial charge in [-0.1, -0.05) is 60.7 Å². The topological polar surface area (TPSA) is 72.7 Å². The normalized spacial score (nSPS) is 13.6. The third-order valence-corrected chi connectivity index (χ3v) is 8.17. The van der Waals surface area contributed by atoms with Crippen LogP contribution in [0, 0.1) is 0 Å². The number of aliphatic hydroxyl groups excluding tert-OH is 1. The van der Waals surface area contributed by atoms with Crippen LogP contribution in [0.5, 0.6) is 0 Å². The van der Waals surface area contributed by atoms with Crippen LogP contribution in [0.1, 0.15) is 44.6 Å². The van der Waals surface area contributed by atoms with Crippen molar-refractivity contribution in [2.24, 2.45) is 0 Å². The summed E-state index contributed by atoms with van der Waals surface area (Å²) in [6, 6.07) is 25.1. The van der Waals surface area contributed by atoms with Crippen LogP contribution in [-0.2, 0) is 42.2 Å². The maximum atomic E-state index is 13.2. The van der Waals surface area contributed by atoms with Crippen LogP contribution in [0.25, 0.3) is 32.9 Å². The predicted octanol–water partition coefficient (Wildman–Crippen LogP) is 5.72. The van der Waals surface area contributed by atoms with Crippen LogP contribution in [0.2, 0.25) is 0 Å². The molecule has 5 aromatic rings. The number of benzene rings is 4. The fourth-order valence-corrected chi connectivity index (χ4v) is 6.45. The van der Waals surface area contributed by atoms with Gasteiger partial charge in [-0.05, 0) is 51.9 Å². The molecule has 1 aliphatic carbocycles. The molecule has 0 bridgehead atoms. The quantitative estimate of drug-likeness (QED) is 0.221. The van der Waals surface area contributed by atoms with Crippen LogP contribution in [0.3, 0.4) is 0 Å². The lowest BCUT2D eigenvalue weighted by Crippen LogP contribution is -2.13. The van der Waals surface area contributed by atoms with E-state index >= 15 is 0 Å². The highest BCUT2D eigenvalue weighted by atomic mass is 16.5. The highest BCUT2D eigenvalue weighted by Crippen LogP contribution is 2.48. The van der Waals surface area contributed by atoms with E-state index in [1.807, 2.05) is 18.2 Å². The van der Waals surface area contributed by atoms with Crippen LogP contribution >= 0.6 is 0 Å². The lowest BCUT2D eigenvalue weighted by atomic mass is 9.92. The van der Waals surface area contributed by atoms with E-state index in [0.717, 1.165) is 56.1 Å². The Hall–Kier alpha value is -3.97. The van der Waals surface area contributed by atoms with Crippen LogP contribution in [0.4, 0.5) is 0 Å². The molecule has 0 unspecified atom stereocenters. The largest absolute Gasteiger partial charge is 0.396 e. The third-order valence-electron chi connectivity index (χ3n) is 8.17. The maximum absolute atomic E-state index is 13.2. The molecule has 6 heteroatoms. The number of aromatic nitrogens is 1. The molecule has 0 fully saturated rings. The first-order valence-electron chi connectivity index (χ1n) is 14.0. The monoisotopic (exact) mass is 532 g/mol. The van der Waals surface area contributed by atoms with Crippen molar-refractivity contribution in [3.05, 3.63) is 106 Å². The van der Waals surface area contributed by atoms with Gasteiger partial charge in [0.25, 0.3) is 5.91 Å². The number of carbonyl (C=O) groups is 1. The summed E-state index contributed by atoms with van der Waals surface area (Å²) in [4.78, 5) is 13.2. The molecule has 0 radical (unpaired) electrons. The van der Waals surface area contributed by atoms with E-state index in [1.165, 1.54) is 16.6 Å². The first-order valence-corrected chi connectivity index (χ1v) is 14.0. The fraction of sp³-hybridized carbons (Fsp3) is 0.265. The van der Waals surface area contributed by atoms with Gasteiger partial charge in [0.2, 0.25) is 0 Å². The van der Waals surface area contributed by atoms with Crippen LogP contribution in [0.15, 0.2) is 72.8 Å². The predicted molar refractivity (Wildman–Crippen MR) is 156 cm³/mol. The molecule has 0 atom stereocenters. The fourth-order valence-electron chi connectivity index (χ4n) is 6.45. The minimum absolute atomic E-state index is 0.0103. The average Bonchev–Trinajstić information content (AvgIpc) is 3.65. The van der Waals surface area contributed by atoms with E-state index in [0.29, 0.717) is 45.9 Å². The summed E-state index contributed by atoms with van der Waals surface area (Å²) in [5.41, 5.74) is 11.2. The van der Waals surface area contributed by atoms with Crippen molar-refractivity contribution in [1.29, 1.82) is 0 Å². The first kappa shape index (κ1) is 25.0. The first-order chi connectivity index (χ1) is 19.7. The minimum Gasteiger partial charge on any atom is -0.396 e. The number of aryl methyl sites for hydroxylation is 1. The second kappa shape index (κ2) is 10.5. The van der Waals surface area contributed by atoms with Crippen molar-refractivity contribution >= 4 is 27.7 Å². The molecule has 40 heavy (non-hydrogen) atoms. The van der Waals surface area contributed by atoms with Crippen LogP contribution in [-0.4, -0.2) is 35.4 Å². The average molecular weight is 533 g/mol. The molecule has 1 aliphatic heterocycles. The number of fused-ring (bicyclic) bond motifs is 10. The van der Waals surface area contributed by atoms with Gasteiger partial charge in [-0.2, -0.15) is 0 Å². The molecule has 202 valence electrons. The standard InChI is InChI=1S/C34H32N2O4/c37-14-6-13-36-29-12-11-23(21-40-16-15-39-20-22-7-2-1-3-8-22)17-26(29)31-28-19-35-34(38)32(28)30-25-10-5-4-9-24(25)18-27(30)33(31)36/h1-5,7-12,17,37H,6,13-16,18-21H2,(H,35,38). The van der Waals surface area contributed by atoms with Crippen molar-refractivity contribution in [3.63, 3.8) is 0 Å². The zero-order valence-electron chi connectivity index (χ0n) is 22.4. The van der Waals surface area contributed by atoms with Crippen LogP contribution < -0.4 is 5.32 Å². The highest BCUT2D eigenvalue weighted by molar-refractivity contribution is 6.20. The SMILES string of the molecule is O=C1NCc2c1c1c(c3c2c2cc(COCCOCc4ccccc4)ccc2n3CCCO)Cc2ccccc2-1. The molecule has 1 amide bonds. The minimum atomic E-state index is 0.0103. The third kappa shape index (κ3) is 4.20. The van der Waals surface area contributed by atoms with Gasteiger partial charge in [0.1, 0.15) is 0 Å². The molecule has 2 heterocycles. The Morgan fingerprint density at radius 3 is 2.45 bits per heavy atom. The smallest absolute Gasteiger partial charge is 0.252 e. The zero-order valence-corrected chi connectivity index (χ0v) is 22.4. The molecule has 1 aromatic heterocycles. The Bertz CT molecular complexity index is 1740. The van der Waals surface area contributed by atoms with E-state index in [2.05, 4.69) is 64.5 Å². The molecule has 0 spiro atoms. The van der Waals surface area contributed by atoms with E-state index < -0.39 is 0 Å². The Labute approximate surface area is 233 Å². The molecular weight excluding hydrogens is 500 g/mol. The van der Waals surface area contributed by atoms with Gasteiger partial charge in [-0.15, -0.1) is 0 Å². The summed E-state index contributed by atoms with van der Waals surface area (Å²) >= 11 is 0. The van der Waals surface area contributed by atoms with Crippen molar-refractivity contribution in [1.82, 2.24) is 9.88 Å². The lowest BCUT2D eigenvalue weighted by Gasteiger charge is -2.13. The van der Waals surface area contributed by atoms with E-state index in [4.69, 9.17) is 9.47 Å². The van der Waals surface area contributed by atoms with Crippen molar-refractivity contribution < 1.29 is 19.4 Å². The number of ether oxygens (including phenoxy) is 2. The molecular formula is C34H32N2O4. The number of nitrogens with one attached hydrogen (secondary N) is 1. The summed E-state index contributed by atoms with van der Waals surface area (Å²) in [5.74, 6) is 0.0103. The number of nitrogens with zero attached hydrogens (tertiary/aromatic N) is 1. The summed E-state index contributed by atoms with van der Waals surface area (Å²) in [6.07, 6.45) is 1.47. The second-order valence-corrected chi connectivity index (χ2v) is 10.6. The highest BCUT2D eigenvalue weighted by Gasteiger charge is 2.35. The Balaban J connectivity index is 1.24. The van der Waals surface area contributed by atoms with E-state index in [9.17, 15) is 9.90 Å². The van der Waals surface area contributed by atoms with Crippen molar-refractivity contribution in [2.45, 2.75) is 39.1 Å². The maximum Gasteiger partial charge on any atom is 0.252 e. The molecule has 0 saturated carbocycles. The van der Waals surface area contributed by atoms with E-state index in [-0.39, 0.29) is 12.5 Å². The van der Waals surface area contributed by atoms with Gasteiger partial charge < -0.3 is 24.5 Å². The summed E-state index contributed by atoms with van der Waals surface area (Å²) in [6.45, 7) is 3.49. The Morgan fingerprint density at radius 2 is 1.62 bits per heavy atom. The van der Waals surface area contributed by atoms with Gasteiger partial charge in [0.05, 0.1) is 37.5 Å². The number of hydrogen-bond acceptors (Lipinski definition) is 4. The molecule has 4 aromatic carbocycles. The summed E-state index contributed by atoms with van der Waals surface area (Å²) < 4.78 is 14.1. The molecule has 2 N–H and O–H groups in total. The molecule has 7 rings (SSSR count). The van der Waals surface area contributed by atoms with E-state index in [1.54, 1.807) is 0 Å². The van der Waals surface area contributed by atoms with Gasteiger partial charge in [0, 0.05) is 48.0 Å².